The number of aromatic nitrogens is 2. The van der Waals surface area contributed by atoms with Gasteiger partial charge in [-0.05, 0) is 31.2 Å². The van der Waals surface area contributed by atoms with Crippen molar-refractivity contribution in [2.24, 2.45) is 5.73 Å². The zero-order chi connectivity index (χ0) is 14.9. The van der Waals surface area contributed by atoms with Crippen molar-refractivity contribution in [3.8, 4) is 0 Å². The van der Waals surface area contributed by atoms with Crippen LogP contribution in [0.4, 0.5) is 0 Å². The van der Waals surface area contributed by atoms with Crippen LogP contribution in [-0.4, -0.2) is 43.4 Å². The monoisotopic (exact) mass is 320 g/mol. The number of nitrogens with two attached hydrogens (primary N) is 1. The average Bonchev–Trinajstić information content (AvgIpc) is 2.90. The molecular weight excluding hydrogens is 300 g/mol. The molecule has 2 aromatic heterocycles. The summed E-state index contributed by atoms with van der Waals surface area (Å²) in [6.07, 6.45) is 8.30. The second kappa shape index (κ2) is 5.94. The molecule has 0 amide bonds. The minimum atomic E-state index is -0.00918. The summed E-state index contributed by atoms with van der Waals surface area (Å²) < 4.78 is 2.06. The number of hydrogen-bond donors (Lipinski definition) is 1. The van der Waals surface area contributed by atoms with Gasteiger partial charge in [0, 0.05) is 32.0 Å². The fourth-order valence-corrected chi connectivity index (χ4v) is 4.16. The van der Waals surface area contributed by atoms with Crippen molar-refractivity contribution in [2.45, 2.75) is 24.1 Å². The molecule has 2 N–H and O–H groups in total. The molecule has 1 aliphatic rings. The van der Waals surface area contributed by atoms with Crippen LogP contribution in [0.1, 0.15) is 18.5 Å². The van der Waals surface area contributed by atoms with E-state index in [1.54, 1.807) is 11.8 Å². The van der Waals surface area contributed by atoms with Gasteiger partial charge in [-0.2, -0.15) is 11.8 Å². The molecule has 2 aromatic rings. The van der Waals surface area contributed by atoms with Crippen molar-refractivity contribution in [2.75, 3.05) is 19.3 Å². The minimum Gasteiger partial charge on any atom is -0.392 e. The molecule has 0 saturated carbocycles. The van der Waals surface area contributed by atoms with E-state index in [2.05, 4.69) is 26.7 Å². The lowest BCUT2D eigenvalue weighted by Crippen LogP contribution is -2.48. The number of hydrogen-bond acceptors (Lipinski definition) is 4. The lowest BCUT2D eigenvalue weighted by Gasteiger charge is -2.39. The Bertz CT molecular complexity index is 611. The van der Waals surface area contributed by atoms with Crippen LogP contribution in [0.3, 0.4) is 0 Å². The smallest absolute Gasteiger partial charge is 0.137 e. The first-order chi connectivity index (χ1) is 10.1. The highest BCUT2D eigenvalue weighted by molar-refractivity contribution is 8.02. The summed E-state index contributed by atoms with van der Waals surface area (Å²) in [6, 6.07) is 6.07. The standard InChI is InChI=1S/C15H20N4S2/c1-21-15(14(16)20)5-8-18(9-6-15)10-12-11-19-7-3-2-4-13(19)17-12/h2-4,7,11H,5-6,8-10H2,1H3,(H2,16,20). The molecule has 0 radical (unpaired) electrons. The van der Waals surface area contributed by atoms with E-state index in [0.717, 1.165) is 43.8 Å². The van der Waals surface area contributed by atoms with E-state index < -0.39 is 0 Å². The van der Waals surface area contributed by atoms with E-state index in [9.17, 15) is 0 Å². The number of rotatable bonds is 4. The predicted molar refractivity (Wildman–Crippen MR) is 92.7 cm³/mol. The van der Waals surface area contributed by atoms with E-state index in [-0.39, 0.29) is 4.75 Å². The van der Waals surface area contributed by atoms with Gasteiger partial charge < -0.3 is 10.1 Å². The van der Waals surface area contributed by atoms with E-state index in [1.807, 2.05) is 24.4 Å². The molecule has 3 heterocycles. The van der Waals surface area contributed by atoms with Crippen molar-refractivity contribution in [1.29, 1.82) is 0 Å². The molecule has 0 atom stereocenters. The number of imidazole rings is 1. The molecule has 112 valence electrons. The molecule has 0 spiro atoms. The van der Waals surface area contributed by atoms with E-state index >= 15 is 0 Å². The Labute approximate surface area is 134 Å². The van der Waals surface area contributed by atoms with Gasteiger partial charge in [0.1, 0.15) is 5.65 Å². The van der Waals surface area contributed by atoms with Gasteiger partial charge in [-0.25, -0.2) is 4.98 Å². The summed E-state index contributed by atoms with van der Waals surface area (Å²) in [7, 11) is 0. The summed E-state index contributed by atoms with van der Waals surface area (Å²) >= 11 is 7.06. The molecule has 6 heteroatoms. The maximum atomic E-state index is 5.94. The van der Waals surface area contributed by atoms with Crippen LogP contribution in [0.15, 0.2) is 30.6 Å². The van der Waals surface area contributed by atoms with Gasteiger partial charge in [0.15, 0.2) is 0 Å². The fraction of sp³-hybridized carbons (Fsp3) is 0.467. The first-order valence-electron chi connectivity index (χ1n) is 7.13. The topological polar surface area (TPSA) is 46.6 Å². The summed E-state index contributed by atoms with van der Waals surface area (Å²) in [5, 5.41) is 0. The molecule has 1 fully saturated rings. The number of likely N-dealkylation sites (tertiary alicyclic amines) is 1. The molecule has 1 aliphatic heterocycles. The van der Waals surface area contributed by atoms with Crippen molar-refractivity contribution in [1.82, 2.24) is 14.3 Å². The molecule has 1 saturated heterocycles. The fourth-order valence-electron chi connectivity index (χ4n) is 2.92. The first-order valence-corrected chi connectivity index (χ1v) is 8.76. The van der Waals surface area contributed by atoms with Crippen LogP contribution in [0.2, 0.25) is 0 Å². The Hall–Kier alpha value is -1.11. The van der Waals surface area contributed by atoms with E-state index in [0.29, 0.717) is 4.99 Å². The molecule has 0 bridgehead atoms. The van der Waals surface area contributed by atoms with Crippen LogP contribution >= 0.6 is 24.0 Å². The van der Waals surface area contributed by atoms with Crippen molar-refractivity contribution in [3.63, 3.8) is 0 Å². The lowest BCUT2D eigenvalue weighted by atomic mass is 9.95. The van der Waals surface area contributed by atoms with Crippen LogP contribution in [0.25, 0.3) is 5.65 Å². The summed E-state index contributed by atoms with van der Waals surface area (Å²) in [4.78, 5) is 7.76. The lowest BCUT2D eigenvalue weighted by molar-refractivity contribution is 0.210. The Kier molecular flexibility index (Phi) is 4.19. The third-order valence-corrected chi connectivity index (χ3v) is 6.23. The Balaban J connectivity index is 1.66. The van der Waals surface area contributed by atoms with Gasteiger partial charge in [-0.15, -0.1) is 0 Å². The van der Waals surface area contributed by atoms with Crippen molar-refractivity contribution >= 4 is 34.6 Å². The van der Waals surface area contributed by atoms with E-state index in [4.69, 9.17) is 18.0 Å². The third-order valence-electron chi connectivity index (χ3n) is 4.30. The van der Waals surface area contributed by atoms with Gasteiger partial charge in [0.2, 0.25) is 0 Å². The first kappa shape index (κ1) is 14.8. The van der Waals surface area contributed by atoms with Gasteiger partial charge in [0.05, 0.1) is 15.4 Å². The van der Waals surface area contributed by atoms with Crippen LogP contribution in [-0.2, 0) is 6.54 Å². The normalized spacial score (nSPS) is 18.9. The number of thioether (sulfide) groups is 1. The number of thiocarbonyl (C=S) groups is 1. The van der Waals surface area contributed by atoms with E-state index in [1.165, 1.54) is 0 Å². The maximum absolute atomic E-state index is 5.94. The summed E-state index contributed by atoms with van der Waals surface area (Å²) in [5.41, 5.74) is 8.06. The van der Waals surface area contributed by atoms with Crippen LogP contribution < -0.4 is 5.73 Å². The molecule has 4 nitrogen and oxygen atoms in total. The molecule has 0 aromatic carbocycles. The third kappa shape index (κ3) is 2.93. The highest BCUT2D eigenvalue weighted by atomic mass is 32.2. The zero-order valence-corrected chi connectivity index (χ0v) is 13.8. The van der Waals surface area contributed by atoms with Gasteiger partial charge in [0.25, 0.3) is 0 Å². The Morgan fingerprint density at radius 2 is 2.19 bits per heavy atom. The number of piperidine rings is 1. The Morgan fingerprint density at radius 3 is 2.81 bits per heavy atom. The zero-order valence-electron chi connectivity index (χ0n) is 12.2. The molecular formula is C15H20N4S2. The van der Waals surface area contributed by atoms with Crippen LogP contribution in [0.5, 0.6) is 0 Å². The molecule has 0 unspecified atom stereocenters. The predicted octanol–water partition coefficient (Wildman–Crippen LogP) is 2.32. The highest BCUT2D eigenvalue weighted by Gasteiger charge is 2.36. The van der Waals surface area contributed by atoms with Gasteiger partial charge >= 0.3 is 0 Å². The molecule has 21 heavy (non-hydrogen) atoms. The number of pyridine rings is 1. The maximum Gasteiger partial charge on any atom is 0.137 e. The van der Waals surface area contributed by atoms with Crippen molar-refractivity contribution < 1.29 is 0 Å². The molecule has 3 rings (SSSR count). The average molecular weight is 320 g/mol. The SMILES string of the molecule is CSC1(C(N)=S)CCN(Cc2cn3ccccc3n2)CC1. The minimum absolute atomic E-state index is 0.00918. The second-order valence-corrected chi connectivity index (χ2v) is 7.17. The van der Waals surface area contributed by atoms with Crippen LogP contribution in [0, 0.1) is 0 Å². The number of nitrogens with zero attached hydrogens (tertiary/aromatic N) is 3. The summed E-state index contributed by atoms with van der Waals surface area (Å²) in [5.74, 6) is 0. The highest BCUT2D eigenvalue weighted by Crippen LogP contribution is 2.35. The van der Waals surface area contributed by atoms with Crippen molar-refractivity contribution in [3.05, 3.63) is 36.3 Å². The largest absolute Gasteiger partial charge is 0.392 e. The van der Waals surface area contributed by atoms with Gasteiger partial charge in [-0.1, -0.05) is 18.3 Å². The second-order valence-electron chi connectivity index (χ2n) is 5.54. The molecule has 0 aliphatic carbocycles. The Morgan fingerprint density at radius 1 is 1.43 bits per heavy atom. The summed E-state index contributed by atoms with van der Waals surface area (Å²) in [6.45, 7) is 2.93. The van der Waals surface area contributed by atoms with Gasteiger partial charge in [-0.3, -0.25) is 4.90 Å². The quantitative estimate of drug-likeness (QED) is 0.876. The number of fused-ring (bicyclic) bond motifs is 1.